The molecule has 2 heterocycles. The molecule has 1 saturated heterocycles. The number of hydrogen-bond acceptors (Lipinski definition) is 4. The maximum atomic E-state index is 12.4. The van der Waals surface area contributed by atoms with Crippen molar-refractivity contribution < 1.29 is 13.5 Å². The zero-order valence-corrected chi connectivity index (χ0v) is 12.5. The van der Waals surface area contributed by atoms with Gasteiger partial charge in [-0.25, -0.2) is 8.42 Å². The Morgan fingerprint density at radius 2 is 2.33 bits per heavy atom. The summed E-state index contributed by atoms with van der Waals surface area (Å²) >= 11 is 7.03. The van der Waals surface area contributed by atoms with E-state index in [1.54, 1.807) is 13.0 Å². The van der Waals surface area contributed by atoms with E-state index >= 15 is 0 Å². The van der Waals surface area contributed by atoms with E-state index in [1.807, 2.05) is 0 Å². The summed E-state index contributed by atoms with van der Waals surface area (Å²) in [4.78, 5) is 0. The van der Waals surface area contributed by atoms with Gasteiger partial charge in [-0.15, -0.1) is 11.3 Å². The highest BCUT2D eigenvalue weighted by atomic mass is 35.5. The topological polar surface area (TPSA) is 57.6 Å². The summed E-state index contributed by atoms with van der Waals surface area (Å²) < 4.78 is 27.1. The second kappa shape index (κ2) is 5.46. The Bertz CT molecular complexity index is 507. The third-order valence-corrected chi connectivity index (χ3v) is 7.08. The highest BCUT2D eigenvalue weighted by Crippen LogP contribution is 2.34. The third kappa shape index (κ3) is 2.72. The van der Waals surface area contributed by atoms with E-state index in [2.05, 4.69) is 0 Å². The number of aryl methyl sites for hydroxylation is 1. The number of sulfonamides is 1. The van der Waals surface area contributed by atoms with Crippen LogP contribution in [0.3, 0.4) is 0 Å². The lowest BCUT2D eigenvalue weighted by Gasteiger charge is -2.14. The van der Waals surface area contributed by atoms with Gasteiger partial charge in [0.05, 0.1) is 4.34 Å². The molecule has 1 atom stereocenters. The standard InChI is InChI=1S/C11H16ClNO3S2/c1-8-6-10(17-11(8)12)18(15,16)13-4-2-9(7-13)3-5-14/h6,9,14H,2-5,7H2,1H3. The molecule has 0 saturated carbocycles. The second-order valence-corrected chi connectivity index (χ2v) is 8.37. The van der Waals surface area contributed by atoms with Crippen molar-refractivity contribution in [2.75, 3.05) is 19.7 Å². The quantitative estimate of drug-likeness (QED) is 0.926. The van der Waals surface area contributed by atoms with E-state index in [-0.39, 0.29) is 12.5 Å². The Kier molecular flexibility index (Phi) is 4.33. The first-order chi connectivity index (χ1) is 8.45. The average Bonchev–Trinajstić information content (AvgIpc) is 2.88. The van der Waals surface area contributed by atoms with Gasteiger partial charge in [0.1, 0.15) is 4.21 Å². The van der Waals surface area contributed by atoms with Crippen LogP contribution in [0, 0.1) is 12.8 Å². The van der Waals surface area contributed by atoms with E-state index in [0.29, 0.717) is 28.1 Å². The van der Waals surface area contributed by atoms with Crippen LogP contribution in [0.15, 0.2) is 10.3 Å². The van der Waals surface area contributed by atoms with E-state index < -0.39 is 10.0 Å². The molecule has 0 aromatic carbocycles. The van der Waals surface area contributed by atoms with Crippen LogP contribution in [0.1, 0.15) is 18.4 Å². The van der Waals surface area contributed by atoms with Crippen molar-refractivity contribution >= 4 is 33.0 Å². The molecule has 1 fully saturated rings. The van der Waals surface area contributed by atoms with Gasteiger partial charge in [-0.2, -0.15) is 4.31 Å². The smallest absolute Gasteiger partial charge is 0.252 e. The Morgan fingerprint density at radius 1 is 1.61 bits per heavy atom. The van der Waals surface area contributed by atoms with Gasteiger partial charge in [0, 0.05) is 19.7 Å². The van der Waals surface area contributed by atoms with Gasteiger partial charge < -0.3 is 5.11 Å². The van der Waals surface area contributed by atoms with Crippen LogP contribution >= 0.6 is 22.9 Å². The minimum absolute atomic E-state index is 0.114. The van der Waals surface area contributed by atoms with Crippen molar-refractivity contribution in [2.45, 2.75) is 24.0 Å². The number of hydrogen-bond donors (Lipinski definition) is 1. The molecule has 18 heavy (non-hydrogen) atoms. The summed E-state index contributed by atoms with van der Waals surface area (Å²) in [6.07, 6.45) is 1.48. The van der Waals surface area contributed by atoms with E-state index in [9.17, 15) is 8.42 Å². The number of halogens is 1. The summed E-state index contributed by atoms with van der Waals surface area (Å²) in [5.74, 6) is 0.265. The fourth-order valence-corrected chi connectivity index (χ4v) is 5.51. The van der Waals surface area contributed by atoms with Crippen molar-refractivity contribution in [1.29, 1.82) is 0 Å². The van der Waals surface area contributed by atoms with Crippen LogP contribution in [-0.2, 0) is 10.0 Å². The van der Waals surface area contributed by atoms with Gasteiger partial charge in [-0.3, -0.25) is 0 Å². The molecule has 1 unspecified atom stereocenters. The number of nitrogens with zero attached hydrogens (tertiary/aromatic N) is 1. The van der Waals surface area contributed by atoms with Crippen LogP contribution < -0.4 is 0 Å². The second-order valence-electron chi connectivity index (χ2n) is 4.55. The van der Waals surface area contributed by atoms with Gasteiger partial charge in [-0.05, 0) is 37.3 Å². The third-order valence-electron chi connectivity index (χ3n) is 3.21. The molecule has 4 nitrogen and oxygen atoms in total. The molecule has 7 heteroatoms. The monoisotopic (exact) mass is 309 g/mol. The molecule has 2 rings (SSSR count). The molecule has 0 radical (unpaired) electrons. The molecular weight excluding hydrogens is 294 g/mol. The molecule has 1 aromatic heterocycles. The predicted octanol–water partition coefficient (Wildman–Crippen LogP) is 2.10. The maximum absolute atomic E-state index is 12.4. The number of aliphatic hydroxyl groups is 1. The number of thiophene rings is 1. The van der Waals surface area contributed by atoms with E-state index in [1.165, 1.54) is 4.31 Å². The van der Waals surface area contributed by atoms with Crippen molar-refractivity contribution in [1.82, 2.24) is 4.31 Å². The van der Waals surface area contributed by atoms with Crippen molar-refractivity contribution in [3.05, 3.63) is 16.0 Å². The van der Waals surface area contributed by atoms with Crippen LogP contribution in [0.5, 0.6) is 0 Å². The molecule has 1 N–H and O–H groups in total. The Hall–Kier alpha value is -0.140. The fraction of sp³-hybridized carbons (Fsp3) is 0.636. The lowest BCUT2D eigenvalue weighted by molar-refractivity contribution is 0.260. The average molecular weight is 310 g/mol. The van der Waals surface area contributed by atoms with E-state index in [4.69, 9.17) is 16.7 Å². The Balaban J connectivity index is 2.17. The molecule has 0 spiro atoms. The summed E-state index contributed by atoms with van der Waals surface area (Å²) in [6.45, 7) is 2.94. The summed E-state index contributed by atoms with van der Waals surface area (Å²) in [5.41, 5.74) is 0.798. The summed E-state index contributed by atoms with van der Waals surface area (Å²) in [5, 5.41) is 8.89. The van der Waals surface area contributed by atoms with Gasteiger partial charge in [0.2, 0.25) is 0 Å². The van der Waals surface area contributed by atoms with Crippen molar-refractivity contribution in [3.8, 4) is 0 Å². The Morgan fingerprint density at radius 3 is 2.89 bits per heavy atom. The number of rotatable bonds is 4. The van der Waals surface area contributed by atoms with Crippen LogP contribution in [-0.4, -0.2) is 37.5 Å². The molecule has 0 aliphatic carbocycles. The van der Waals surface area contributed by atoms with E-state index in [0.717, 1.165) is 23.3 Å². The lowest BCUT2D eigenvalue weighted by atomic mass is 10.1. The van der Waals surface area contributed by atoms with Crippen LogP contribution in [0.25, 0.3) is 0 Å². The van der Waals surface area contributed by atoms with Crippen molar-refractivity contribution in [2.24, 2.45) is 5.92 Å². The molecule has 1 aliphatic heterocycles. The van der Waals surface area contributed by atoms with Gasteiger partial charge in [0.15, 0.2) is 0 Å². The predicted molar refractivity (Wildman–Crippen MR) is 72.6 cm³/mol. The minimum atomic E-state index is -3.41. The normalized spacial score (nSPS) is 21.6. The van der Waals surface area contributed by atoms with Crippen molar-refractivity contribution in [3.63, 3.8) is 0 Å². The number of aliphatic hydroxyl groups excluding tert-OH is 1. The first-order valence-electron chi connectivity index (χ1n) is 5.82. The molecule has 0 bridgehead atoms. The summed E-state index contributed by atoms with van der Waals surface area (Å²) in [7, 11) is -3.41. The van der Waals surface area contributed by atoms with Gasteiger partial charge in [0.25, 0.3) is 10.0 Å². The lowest BCUT2D eigenvalue weighted by Crippen LogP contribution is -2.28. The first-order valence-corrected chi connectivity index (χ1v) is 8.45. The largest absolute Gasteiger partial charge is 0.396 e. The van der Waals surface area contributed by atoms with Crippen LogP contribution in [0.2, 0.25) is 4.34 Å². The zero-order valence-electron chi connectivity index (χ0n) is 10.1. The molecule has 0 amide bonds. The molecule has 1 aliphatic rings. The molecule has 1 aromatic rings. The maximum Gasteiger partial charge on any atom is 0.252 e. The first kappa shape index (κ1) is 14.3. The zero-order chi connectivity index (χ0) is 13.3. The van der Waals surface area contributed by atoms with Crippen LogP contribution in [0.4, 0.5) is 0 Å². The molecular formula is C11H16ClNO3S2. The van der Waals surface area contributed by atoms with Gasteiger partial charge >= 0.3 is 0 Å². The summed E-state index contributed by atoms with van der Waals surface area (Å²) in [6, 6.07) is 1.63. The van der Waals surface area contributed by atoms with Gasteiger partial charge in [-0.1, -0.05) is 11.6 Å². The minimum Gasteiger partial charge on any atom is -0.396 e. The molecule has 102 valence electrons. The highest BCUT2D eigenvalue weighted by molar-refractivity contribution is 7.91. The highest BCUT2D eigenvalue weighted by Gasteiger charge is 2.33. The Labute approximate surface area is 116 Å². The SMILES string of the molecule is Cc1cc(S(=O)(=O)N2CCC(CCO)C2)sc1Cl. The fourth-order valence-electron chi connectivity index (χ4n) is 2.12.